The summed E-state index contributed by atoms with van der Waals surface area (Å²) >= 11 is 0. The van der Waals surface area contributed by atoms with Gasteiger partial charge in [0.1, 0.15) is 6.79 Å². The summed E-state index contributed by atoms with van der Waals surface area (Å²) in [5, 5.41) is 0. The van der Waals surface area contributed by atoms with E-state index in [0.717, 1.165) is 0 Å². The fourth-order valence-corrected chi connectivity index (χ4v) is 0. The fourth-order valence-electron chi connectivity index (χ4n) is 0. The molecule has 0 amide bonds. The molecule has 0 aromatic rings. The van der Waals surface area contributed by atoms with Crippen molar-refractivity contribution in [2.45, 2.75) is 0 Å². The van der Waals surface area contributed by atoms with Crippen molar-refractivity contribution in [3.05, 3.63) is 0 Å². The highest BCUT2D eigenvalue weighted by Gasteiger charge is 1.44. The third-order valence-corrected chi connectivity index (χ3v) is 0.250. The molecule has 0 saturated heterocycles. The SMILES string of the molecule is C=O.CNNC. The maximum atomic E-state index is 8.00. The first-order valence-electron chi connectivity index (χ1n) is 1.54. The van der Waals surface area contributed by atoms with E-state index in [9.17, 15) is 0 Å². The van der Waals surface area contributed by atoms with Crippen molar-refractivity contribution in [1.82, 2.24) is 10.9 Å². The first kappa shape index (κ1) is 9.14. The lowest BCUT2D eigenvalue weighted by Gasteiger charge is -1.81. The zero-order valence-electron chi connectivity index (χ0n) is 4.12. The molecule has 0 atom stereocenters. The number of hydrogen-bond donors (Lipinski definition) is 2. The summed E-state index contributed by atoms with van der Waals surface area (Å²) in [4.78, 5) is 8.00. The Bertz CT molecular complexity index is 16.3. The average Bonchev–Trinajstić information content (AvgIpc) is 1.72. The summed E-state index contributed by atoms with van der Waals surface area (Å²) < 4.78 is 0. The minimum absolute atomic E-state index is 1.82. The largest absolute Gasteiger partial charge is 0.307 e. The smallest absolute Gasteiger partial charge is 0.106 e. The van der Waals surface area contributed by atoms with E-state index in [0.29, 0.717) is 0 Å². The van der Waals surface area contributed by atoms with Crippen molar-refractivity contribution in [1.29, 1.82) is 0 Å². The third kappa shape index (κ3) is 69.2. The molecular formula is C3H10N2O. The third-order valence-electron chi connectivity index (χ3n) is 0.250. The second-order valence-electron chi connectivity index (χ2n) is 0.500. The summed E-state index contributed by atoms with van der Waals surface area (Å²) in [6.07, 6.45) is 0. The van der Waals surface area contributed by atoms with Crippen LogP contribution >= 0.6 is 0 Å². The van der Waals surface area contributed by atoms with Gasteiger partial charge in [0.25, 0.3) is 0 Å². The van der Waals surface area contributed by atoms with Gasteiger partial charge in [-0.3, -0.25) is 10.9 Å². The van der Waals surface area contributed by atoms with Crippen LogP contribution in [0.5, 0.6) is 0 Å². The molecule has 0 unspecified atom stereocenters. The molecule has 0 fully saturated rings. The van der Waals surface area contributed by atoms with Crippen molar-refractivity contribution < 1.29 is 4.79 Å². The maximum Gasteiger partial charge on any atom is 0.106 e. The van der Waals surface area contributed by atoms with Crippen molar-refractivity contribution >= 4 is 6.79 Å². The Morgan fingerprint density at radius 1 is 1.17 bits per heavy atom. The van der Waals surface area contributed by atoms with Crippen LogP contribution in [0.3, 0.4) is 0 Å². The molecule has 0 aromatic carbocycles. The lowest BCUT2D eigenvalue weighted by Crippen LogP contribution is -2.21. The van der Waals surface area contributed by atoms with Crippen LogP contribution in [-0.2, 0) is 4.79 Å². The lowest BCUT2D eigenvalue weighted by atomic mass is 11.4. The molecule has 6 heavy (non-hydrogen) atoms. The Morgan fingerprint density at radius 2 is 1.33 bits per heavy atom. The van der Waals surface area contributed by atoms with Gasteiger partial charge in [-0.2, -0.15) is 0 Å². The van der Waals surface area contributed by atoms with Gasteiger partial charge in [0, 0.05) is 0 Å². The van der Waals surface area contributed by atoms with Gasteiger partial charge in [-0.25, -0.2) is 0 Å². The van der Waals surface area contributed by atoms with Gasteiger partial charge < -0.3 is 4.79 Å². The number of hydrazine groups is 1. The highest BCUT2D eigenvalue weighted by Crippen LogP contribution is 1.07. The van der Waals surface area contributed by atoms with E-state index in [-0.39, 0.29) is 0 Å². The van der Waals surface area contributed by atoms with Crippen LogP contribution in [0.4, 0.5) is 0 Å². The quantitative estimate of drug-likeness (QED) is 0.412. The number of carbonyl (C=O) groups is 1. The molecule has 3 heteroatoms. The van der Waals surface area contributed by atoms with E-state index < -0.39 is 0 Å². The number of nitrogens with one attached hydrogen (secondary N) is 2. The molecule has 0 aliphatic heterocycles. The minimum Gasteiger partial charge on any atom is -0.307 e. The van der Waals surface area contributed by atoms with Crippen molar-refractivity contribution in [3.63, 3.8) is 0 Å². The molecule has 0 rings (SSSR count). The summed E-state index contributed by atoms with van der Waals surface area (Å²) in [6.45, 7) is 2.00. The van der Waals surface area contributed by atoms with Gasteiger partial charge in [-0.15, -0.1) is 0 Å². The highest BCUT2D eigenvalue weighted by atomic mass is 16.1. The van der Waals surface area contributed by atoms with E-state index >= 15 is 0 Å². The van der Waals surface area contributed by atoms with Gasteiger partial charge >= 0.3 is 0 Å². The minimum atomic E-state index is 1.82. The number of carbonyl (C=O) groups excluding carboxylic acids is 1. The van der Waals surface area contributed by atoms with Crippen LogP contribution < -0.4 is 10.9 Å². The first-order chi connectivity index (χ1) is 2.91. The van der Waals surface area contributed by atoms with Crippen LogP contribution in [0.25, 0.3) is 0 Å². The second kappa shape index (κ2) is 23.4. The van der Waals surface area contributed by atoms with Crippen molar-refractivity contribution in [2.24, 2.45) is 0 Å². The summed E-state index contributed by atoms with van der Waals surface area (Å²) in [5.74, 6) is 0. The fraction of sp³-hybridized carbons (Fsp3) is 0.667. The van der Waals surface area contributed by atoms with Gasteiger partial charge in [-0.1, -0.05) is 0 Å². The van der Waals surface area contributed by atoms with Crippen LogP contribution in [0.2, 0.25) is 0 Å². The highest BCUT2D eigenvalue weighted by molar-refractivity contribution is 5.10. The second-order valence-corrected chi connectivity index (χ2v) is 0.500. The molecule has 38 valence electrons. The van der Waals surface area contributed by atoms with Gasteiger partial charge in [0.2, 0.25) is 0 Å². The molecule has 2 N–H and O–H groups in total. The summed E-state index contributed by atoms with van der Waals surface area (Å²) in [7, 11) is 3.64. The molecular weight excluding hydrogens is 80.0 g/mol. The Balaban J connectivity index is 0. The van der Waals surface area contributed by atoms with Crippen LogP contribution in [0.1, 0.15) is 0 Å². The monoisotopic (exact) mass is 90.1 g/mol. The Kier molecular flexibility index (Phi) is 35.6. The predicted molar refractivity (Wildman–Crippen MR) is 25.2 cm³/mol. The van der Waals surface area contributed by atoms with E-state index in [1.54, 1.807) is 0 Å². The summed E-state index contributed by atoms with van der Waals surface area (Å²) in [5.41, 5.74) is 5.36. The van der Waals surface area contributed by atoms with E-state index in [4.69, 9.17) is 4.79 Å². The standard InChI is InChI=1S/C2H8N2.CH2O/c1-3-4-2;1-2/h3-4H,1-2H3;1H2. The molecule has 0 bridgehead atoms. The van der Waals surface area contributed by atoms with E-state index in [1.807, 2.05) is 20.9 Å². The van der Waals surface area contributed by atoms with Crippen LogP contribution in [0, 0.1) is 0 Å². The summed E-state index contributed by atoms with van der Waals surface area (Å²) in [6, 6.07) is 0. The molecule has 0 radical (unpaired) electrons. The normalized spacial score (nSPS) is 5.67. The predicted octanol–water partition coefficient (Wildman–Crippen LogP) is -0.845. The number of hydrogen-bond acceptors (Lipinski definition) is 3. The van der Waals surface area contributed by atoms with Crippen LogP contribution in [-0.4, -0.2) is 20.9 Å². The van der Waals surface area contributed by atoms with Crippen molar-refractivity contribution in [3.8, 4) is 0 Å². The molecule has 0 saturated carbocycles. The Morgan fingerprint density at radius 3 is 1.33 bits per heavy atom. The van der Waals surface area contributed by atoms with E-state index in [2.05, 4.69) is 10.9 Å². The topological polar surface area (TPSA) is 41.1 Å². The zero-order chi connectivity index (χ0) is 5.41. The molecule has 0 aromatic heterocycles. The molecule has 3 nitrogen and oxygen atoms in total. The van der Waals surface area contributed by atoms with E-state index in [1.165, 1.54) is 0 Å². The molecule has 0 aliphatic rings. The van der Waals surface area contributed by atoms with Crippen molar-refractivity contribution in [2.75, 3.05) is 14.1 Å². The average molecular weight is 90.1 g/mol. The first-order valence-corrected chi connectivity index (χ1v) is 1.54. The molecule has 0 heterocycles. The molecule has 0 aliphatic carbocycles. The zero-order valence-corrected chi connectivity index (χ0v) is 4.12. The van der Waals surface area contributed by atoms with Gasteiger partial charge in [0.05, 0.1) is 0 Å². The van der Waals surface area contributed by atoms with Gasteiger partial charge in [0.15, 0.2) is 0 Å². The number of rotatable bonds is 1. The Hall–Kier alpha value is -0.410. The Labute approximate surface area is 37.7 Å². The lowest BCUT2D eigenvalue weighted by molar-refractivity contribution is -0.0979. The van der Waals surface area contributed by atoms with Gasteiger partial charge in [-0.05, 0) is 14.1 Å². The van der Waals surface area contributed by atoms with Crippen LogP contribution in [0.15, 0.2) is 0 Å². The molecule has 0 spiro atoms. The maximum absolute atomic E-state index is 8.00.